The average Bonchev–Trinajstić information content (AvgIpc) is 3.07. The van der Waals surface area contributed by atoms with Crippen molar-refractivity contribution in [3.05, 3.63) is 70.2 Å². The van der Waals surface area contributed by atoms with Gasteiger partial charge in [0, 0.05) is 31.3 Å². The van der Waals surface area contributed by atoms with Gasteiger partial charge in [0.1, 0.15) is 43.5 Å². The molecule has 0 saturated carbocycles. The second-order valence-electron chi connectivity index (χ2n) is 12.5. The van der Waals surface area contributed by atoms with Crippen LogP contribution in [-0.4, -0.2) is 89.6 Å². The third kappa shape index (κ3) is 8.35. The minimum atomic E-state index is -4.75. The van der Waals surface area contributed by atoms with Gasteiger partial charge in [0.15, 0.2) is 17.1 Å². The Bertz CT molecular complexity index is 1660. The molecule has 2 atom stereocenters. The fourth-order valence-corrected chi connectivity index (χ4v) is 6.04. The second kappa shape index (κ2) is 15.0. The van der Waals surface area contributed by atoms with Gasteiger partial charge in [-0.1, -0.05) is 35.9 Å². The maximum atomic E-state index is 13.5. The fourth-order valence-electron chi connectivity index (χ4n) is 5.80. The van der Waals surface area contributed by atoms with Crippen molar-refractivity contribution >= 4 is 17.6 Å². The number of alkyl halides is 3. The zero-order valence-electron chi connectivity index (χ0n) is 27.2. The first-order valence-electron chi connectivity index (χ1n) is 15.9. The molecule has 0 amide bonds. The van der Waals surface area contributed by atoms with Crippen molar-refractivity contribution in [3.63, 3.8) is 0 Å². The summed E-state index contributed by atoms with van der Waals surface area (Å²) in [5.41, 5.74) is -0.202. The number of carboxylic acid groups (broad SMARTS) is 1. The highest BCUT2D eigenvalue weighted by Gasteiger charge is 2.55. The molecular weight excluding hydrogens is 669 g/mol. The number of carbonyl (C=O) groups is 1. The molecule has 0 bridgehead atoms. The van der Waals surface area contributed by atoms with Crippen LogP contribution in [0.4, 0.5) is 13.2 Å². The third-order valence-electron chi connectivity index (χ3n) is 9.00. The van der Waals surface area contributed by atoms with E-state index in [0.29, 0.717) is 36.8 Å². The molecule has 266 valence electrons. The lowest BCUT2D eigenvalue weighted by molar-refractivity contribution is -0.274. The number of nitrogens with one attached hydrogen (secondary N) is 1. The fraction of sp³-hybridized carbons (Fsp3) is 0.457. The van der Waals surface area contributed by atoms with E-state index in [9.17, 15) is 33.3 Å². The molecule has 10 nitrogen and oxygen atoms in total. The van der Waals surface area contributed by atoms with Gasteiger partial charge in [0.25, 0.3) is 0 Å². The Hall–Kier alpha value is -3.75. The van der Waals surface area contributed by atoms with Crippen molar-refractivity contribution in [2.24, 2.45) is 0 Å². The van der Waals surface area contributed by atoms with Gasteiger partial charge in [0.05, 0.1) is 11.6 Å². The van der Waals surface area contributed by atoms with E-state index in [1.807, 2.05) is 43.3 Å². The van der Waals surface area contributed by atoms with E-state index in [-0.39, 0.29) is 55.7 Å². The smallest absolute Gasteiger partial charge is 0.418 e. The Kier molecular flexibility index (Phi) is 11.2. The summed E-state index contributed by atoms with van der Waals surface area (Å²) in [5.74, 6) is 0.651. The molecule has 3 aromatic carbocycles. The lowest BCUT2D eigenvalue weighted by atomic mass is 9.92. The molecule has 2 aliphatic heterocycles. The number of hydrogen-bond donors (Lipinski definition) is 4. The zero-order valence-corrected chi connectivity index (χ0v) is 28.0. The number of fused-ring (bicyclic) bond motifs is 1. The first-order valence-corrected chi connectivity index (χ1v) is 16.3. The molecule has 0 aliphatic carbocycles. The molecule has 3 aromatic rings. The van der Waals surface area contributed by atoms with Gasteiger partial charge in [-0.3, -0.25) is 15.0 Å². The number of likely N-dealkylation sites (tertiary alicyclic amines) is 1. The van der Waals surface area contributed by atoms with E-state index in [4.69, 9.17) is 30.5 Å². The maximum absolute atomic E-state index is 13.5. The summed E-state index contributed by atoms with van der Waals surface area (Å²) in [5, 5.41) is 32.5. The number of ether oxygens (including phenoxy) is 4. The van der Waals surface area contributed by atoms with E-state index in [1.54, 1.807) is 12.1 Å². The highest BCUT2D eigenvalue weighted by atomic mass is 35.5. The van der Waals surface area contributed by atoms with Crippen LogP contribution in [0, 0.1) is 6.92 Å². The molecule has 0 spiro atoms. The summed E-state index contributed by atoms with van der Waals surface area (Å²) < 4.78 is 64.0. The van der Waals surface area contributed by atoms with E-state index in [0.717, 1.165) is 22.3 Å². The minimum absolute atomic E-state index is 0.0328. The van der Waals surface area contributed by atoms with Gasteiger partial charge < -0.3 is 34.3 Å². The van der Waals surface area contributed by atoms with Gasteiger partial charge in [-0.05, 0) is 73.7 Å². The molecule has 2 unspecified atom stereocenters. The molecule has 4 N–H and O–H groups in total. The van der Waals surface area contributed by atoms with Crippen molar-refractivity contribution in [2.75, 3.05) is 46.1 Å². The number of aliphatic hydroxyl groups excluding tert-OH is 1. The van der Waals surface area contributed by atoms with E-state index in [2.05, 4.69) is 5.32 Å². The molecule has 1 saturated heterocycles. The molecule has 2 aliphatic rings. The highest BCUT2D eigenvalue weighted by molar-refractivity contribution is 6.32. The number of aliphatic carboxylic acids is 1. The summed E-state index contributed by atoms with van der Waals surface area (Å²) in [6.07, 6.45) is -4.94. The SMILES string of the molecule is Cc1c(COc2cc(OCCN3CCCC(O)(C(F)(F)F)C3)c(CNC(C)(CO)C(=O)O)cc2Cl)cccc1-c1ccc2c(c1)OCCO2. The second-order valence-corrected chi connectivity index (χ2v) is 12.9. The number of nitrogens with zero attached hydrogens (tertiary/aromatic N) is 1. The normalized spacial score (nSPS) is 19.3. The first-order chi connectivity index (χ1) is 23.2. The van der Waals surface area contributed by atoms with Gasteiger partial charge >= 0.3 is 12.1 Å². The molecule has 49 heavy (non-hydrogen) atoms. The summed E-state index contributed by atoms with van der Waals surface area (Å²) in [7, 11) is 0. The summed E-state index contributed by atoms with van der Waals surface area (Å²) >= 11 is 6.64. The molecule has 1 fully saturated rings. The average molecular weight is 709 g/mol. The Morgan fingerprint density at radius 2 is 1.82 bits per heavy atom. The lowest BCUT2D eigenvalue weighted by Gasteiger charge is -2.40. The van der Waals surface area contributed by atoms with Crippen LogP contribution < -0.4 is 24.3 Å². The number of hydrogen-bond acceptors (Lipinski definition) is 9. The van der Waals surface area contributed by atoms with Crippen LogP contribution in [0.5, 0.6) is 23.0 Å². The monoisotopic (exact) mass is 708 g/mol. The Labute approximate surface area is 287 Å². The number of aliphatic hydroxyl groups is 2. The maximum Gasteiger partial charge on any atom is 0.418 e. The quantitative estimate of drug-likeness (QED) is 0.184. The van der Waals surface area contributed by atoms with Crippen molar-refractivity contribution in [1.29, 1.82) is 0 Å². The number of β-amino-alcohol motifs (C(OH)–C–C–N with tert-alkyl or cyclic N) is 1. The van der Waals surface area contributed by atoms with Crippen molar-refractivity contribution in [3.8, 4) is 34.1 Å². The third-order valence-corrected chi connectivity index (χ3v) is 9.29. The van der Waals surface area contributed by atoms with Gasteiger partial charge in [0.2, 0.25) is 0 Å². The first kappa shape index (κ1) is 36.5. The Morgan fingerprint density at radius 3 is 2.53 bits per heavy atom. The molecule has 0 aromatic heterocycles. The lowest BCUT2D eigenvalue weighted by Crippen LogP contribution is -2.57. The van der Waals surface area contributed by atoms with Crippen LogP contribution >= 0.6 is 11.6 Å². The number of carboxylic acids is 1. The number of rotatable bonds is 13. The molecule has 5 rings (SSSR count). The number of benzene rings is 3. The predicted molar refractivity (Wildman–Crippen MR) is 176 cm³/mol. The molecule has 2 heterocycles. The van der Waals surface area contributed by atoms with E-state index >= 15 is 0 Å². The number of piperidine rings is 1. The van der Waals surface area contributed by atoms with E-state index in [1.165, 1.54) is 11.8 Å². The van der Waals surface area contributed by atoms with Gasteiger partial charge in [-0.25, -0.2) is 0 Å². The Morgan fingerprint density at radius 1 is 1.06 bits per heavy atom. The van der Waals surface area contributed by atoms with Crippen LogP contribution in [0.25, 0.3) is 11.1 Å². The van der Waals surface area contributed by atoms with Gasteiger partial charge in [-0.15, -0.1) is 0 Å². The Balaban J connectivity index is 1.34. The standard InChI is InChI=1S/C35H40ClF3N2O8/c1-22-24(5-3-6-26(22)23-7-8-28-31(16-23)48-14-13-47-28)19-49-30-17-29(25(15-27(30)36)18-40-33(2,21-42)32(43)44)46-12-11-41-10-4-9-34(45,20-41)35(37,38)39/h3,5-8,15-17,40,42,45H,4,9-14,18-21H2,1-2H3,(H,43,44). The largest absolute Gasteiger partial charge is 0.492 e. The van der Waals surface area contributed by atoms with Gasteiger partial charge in [-0.2, -0.15) is 13.2 Å². The summed E-state index contributed by atoms with van der Waals surface area (Å²) in [4.78, 5) is 13.3. The number of halogens is 4. The summed E-state index contributed by atoms with van der Waals surface area (Å²) in [6.45, 7) is 3.55. The molecule has 0 radical (unpaired) electrons. The topological polar surface area (TPSA) is 130 Å². The van der Waals surface area contributed by atoms with Crippen LogP contribution in [0.3, 0.4) is 0 Å². The van der Waals surface area contributed by atoms with E-state index < -0.39 is 36.4 Å². The zero-order chi connectivity index (χ0) is 35.4. The van der Waals surface area contributed by atoms with Crippen molar-refractivity contribution in [2.45, 2.75) is 57.2 Å². The van der Waals surface area contributed by atoms with Crippen LogP contribution in [-0.2, 0) is 17.9 Å². The highest BCUT2D eigenvalue weighted by Crippen LogP contribution is 2.39. The summed E-state index contributed by atoms with van der Waals surface area (Å²) in [6, 6.07) is 14.7. The predicted octanol–water partition coefficient (Wildman–Crippen LogP) is 5.36. The van der Waals surface area contributed by atoms with Crippen LogP contribution in [0.2, 0.25) is 5.02 Å². The van der Waals surface area contributed by atoms with Crippen molar-refractivity contribution < 1.29 is 52.2 Å². The molecule has 14 heteroatoms. The minimum Gasteiger partial charge on any atom is -0.492 e. The van der Waals surface area contributed by atoms with Crippen molar-refractivity contribution in [1.82, 2.24) is 10.2 Å². The van der Waals surface area contributed by atoms with Crippen LogP contribution in [0.15, 0.2) is 48.5 Å². The van der Waals surface area contributed by atoms with Crippen LogP contribution in [0.1, 0.15) is 36.5 Å². The molecular formula is C35H40ClF3N2O8.